The van der Waals surface area contributed by atoms with Gasteiger partial charge in [0.1, 0.15) is 12.4 Å². The van der Waals surface area contributed by atoms with E-state index in [1.54, 1.807) is 45.4 Å². The highest BCUT2D eigenvalue weighted by Gasteiger charge is 2.20. The number of aromatic nitrogens is 2. The molecule has 3 aromatic rings. The fourth-order valence-electron chi connectivity index (χ4n) is 3.30. The van der Waals surface area contributed by atoms with Crippen molar-refractivity contribution < 1.29 is 23.7 Å². The average Bonchev–Trinajstić information content (AvgIpc) is 3.17. The maximum atomic E-state index is 13.2. The predicted molar refractivity (Wildman–Crippen MR) is 124 cm³/mol. The first kappa shape index (κ1) is 23.6. The number of H-pyrrole nitrogens is 1. The quantitative estimate of drug-likeness (QED) is 0.288. The summed E-state index contributed by atoms with van der Waals surface area (Å²) in [4.78, 5) is 29.6. The Hall–Kier alpha value is -4.01. The highest BCUT2D eigenvalue weighted by Crippen LogP contribution is 2.25. The van der Waals surface area contributed by atoms with E-state index in [1.165, 1.54) is 11.8 Å². The molecule has 9 nitrogen and oxygen atoms in total. The molecule has 0 amide bonds. The summed E-state index contributed by atoms with van der Waals surface area (Å²) in [6, 6.07) is 14.3. The van der Waals surface area contributed by atoms with Crippen molar-refractivity contribution in [2.45, 2.75) is 13.3 Å². The lowest BCUT2D eigenvalue weighted by Gasteiger charge is -2.09. The van der Waals surface area contributed by atoms with Gasteiger partial charge in [-0.1, -0.05) is 12.1 Å². The van der Waals surface area contributed by atoms with Crippen molar-refractivity contribution in [2.24, 2.45) is 4.99 Å². The number of nitrogens with zero attached hydrogens (tertiary/aromatic N) is 2. The Labute approximate surface area is 191 Å². The molecule has 0 fully saturated rings. The number of methoxy groups -OCH3 is 3. The van der Waals surface area contributed by atoms with Crippen LogP contribution in [0, 0.1) is 0 Å². The SMILES string of the molecule is COC(=O)Cc1[nH]n(-c2ccc(OC)cc2)c(=O)c1C(C)=NCCOc1ccccc1OC. The van der Waals surface area contributed by atoms with E-state index < -0.39 is 5.97 Å². The number of aromatic amines is 1. The molecule has 0 saturated heterocycles. The van der Waals surface area contributed by atoms with Gasteiger partial charge in [-0.05, 0) is 43.3 Å². The number of ether oxygens (including phenoxy) is 4. The molecule has 2 aromatic carbocycles. The van der Waals surface area contributed by atoms with Gasteiger partial charge in [0.2, 0.25) is 0 Å². The van der Waals surface area contributed by atoms with Gasteiger partial charge in [-0.15, -0.1) is 0 Å². The molecule has 9 heteroatoms. The van der Waals surface area contributed by atoms with Crippen molar-refractivity contribution in [1.82, 2.24) is 9.78 Å². The van der Waals surface area contributed by atoms with Gasteiger partial charge in [0.05, 0.1) is 51.2 Å². The second-order valence-corrected chi connectivity index (χ2v) is 7.02. The van der Waals surface area contributed by atoms with Crippen LogP contribution in [0.15, 0.2) is 58.3 Å². The first-order chi connectivity index (χ1) is 16.0. The minimum absolute atomic E-state index is 0.0885. The van der Waals surface area contributed by atoms with Crippen molar-refractivity contribution in [3.63, 3.8) is 0 Å². The fraction of sp³-hybridized carbons (Fsp3) is 0.292. The van der Waals surface area contributed by atoms with Gasteiger partial charge in [-0.3, -0.25) is 19.7 Å². The largest absolute Gasteiger partial charge is 0.497 e. The van der Waals surface area contributed by atoms with Crippen molar-refractivity contribution >= 4 is 11.7 Å². The van der Waals surface area contributed by atoms with Crippen LogP contribution in [0.4, 0.5) is 0 Å². The second kappa shape index (κ2) is 11.0. The molecule has 1 aromatic heterocycles. The summed E-state index contributed by atoms with van der Waals surface area (Å²) in [5.41, 5.74) is 1.53. The number of hydrogen-bond donors (Lipinski definition) is 1. The summed E-state index contributed by atoms with van der Waals surface area (Å²) in [6.45, 7) is 2.34. The van der Waals surface area contributed by atoms with Crippen molar-refractivity contribution in [3.8, 4) is 22.9 Å². The Morgan fingerprint density at radius 1 is 1.00 bits per heavy atom. The van der Waals surface area contributed by atoms with Crippen LogP contribution in [0.25, 0.3) is 5.69 Å². The van der Waals surface area contributed by atoms with E-state index in [1.807, 2.05) is 24.3 Å². The Balaban J connectivity index is 1.84. The Morgan fingerprint density at radius 3 is 2.33 bits per heavy atom. The zero-order valence-electron chi connectivity index (χ0n) is 19.1. The first-order valence-electron chi connectivity index (χ1n) is 10.3. The number of aliphatic imine (C=N–C) groups is 1. The average molecular weight is 453 g/mol. The van der Waals surface area contributed by atoms with E-state index in [4.69, 9.17) is 18.9 Å². The monoisotopic (exact) mass is 453 g/mol. The molecule has 174 valence electrons. The van der Waals surface area contributed by atoms with E-state index in [0.717, 1.165) is 0 Å². The summed E-state index contributed by atoms with van der Waals surface area (Å²) in [7, 11) is 4.45. The topological polar surface area (TPSA) is 104 Å². The van der Waals surface area contributed by atoms with Crippen molar-refractivity contribution in [2.75, 3.05) is 34.5 Å². The lowest BCUT2D eigenvalue weighted by atomic mass is 10.1. The zero-order chi connectivity index (χ0) is 23.8. The number of para-hydroxylation sites is 2. The van der Waals surface area contributed by atoms with E-state index >= 15 is 0 Å². The number of rotatable bonds is 10. The summed E-state index contributed by atoms with van der Waals surface area (Å²) >= 11 is 0. The molecule has 0 saturated carbocycles. The van der Waals surface area contributed by atoms with Gasteiger partial charge in [0.15, 0.2) is 11.5 Å². The third-order valence-electron chi connectivity index (χ3n) is 4.97. The van der Waals surface area contributed by atoms with E-state index in [9.17, 15) is 9.59 Å². The van der Waals surface area contributed by atoms with Gasteiger partial charge in [0, 0.05) is 5.71 Å². The molecular weight excluding hydrogens is 426 g/mol. The van der Waals surface area contributed by atoms with Crippen LogP contribution in [0.3, 0.4) is 0 Å². The van der Waals surface area contributed by atoms with Crippen LogP contribution >= 0.6 is 0 Å². The van der Waals surface area contributed by atoms with Gasteiger partial charge in [-0.25, -0.2) is 4.68 Å². The molecule has 0 bridgehead atoms. The molecule has 0 aliphatic carbocycles. The zero-order valence-corrected chi connectivity index (χ0v) is 19.1. The highest BCUT2D eigenvalue weighted by atomic mass is 16.5. The molecule has 0 spiro atoms. The molecule has 3 rings (SSSR count). The van der Waals surface area contributed by atoms with Crippen LogP contribution in [0.5, 0.6) is 17.2 Å². The Morgan fingerprint density at radius 2 is 1.70 bits per heavy atom. The van der Waals surface area contributed by atoms with Crippen molar-refractivity contribution in [1.29, 1.82) is 0 Å². The molecule has 0 radical (unpaired) electrons. The summed E-state index contributed by atoms with van der Waals surface area (Å²) < 4.78 is 22.3. The smallest absolute Gasteiger partial charge is 0.311 e. The normalized spacial score (nSPS) is 11.2. The number of benzene rings is 2. The minimum Gasteiger partial charge on any atom is -0.497 e. The fourth-order valence-corrected chi connectivity index (χ4v) is 3.30. The highest BCUT2D eigenvalue weighted by molar-refractivity contribution is 6.00. The third kappa shape index (κ3) is 5.62. The molecule has 0 atom stereocenters. The molecule has 0 unspecified atom stereocenters. The number of nitrogens with one attached hydrogen (secondary N) is 1. The van der Waals surface area contributed by atoms with Crippen LogP contribution in [0.2, 0.25) is 0 Å². The van der Waals surface area contributed by atoms with Gasteiger partial charge >= 0.3 is 5.97 Å². The number of hydrogen-bond acceptors (Lipinski definition) is 7. The molecule has 1 N–H and O–H groups in total. The predicted octanol–water partition coefficient (Wildman–Crippen LogP) is 2.79. The van der Waals surface area contributed by atoms with Crippen LogP contribution in [-0.4, -0.2) is 55.9 Å². The first-order valence-corrected chi connectivity index (χ1v) is 10.3. The van der Waals surface area contributed by atoms with E-state index in [2.05, 4.69) is 10.1 Å². The van der Waals surface area contributed by atoms with Crippen LogP contribution < -0.4 is 19.8 Å². The van der Waals surface area contributed by atoms with Crippen molar-refractivity contribution in [3.05, 3.63) is 70.1 Å². The number of esters is 1. The number of carbonyl (C=O) groups is 1. The number of carbonyl (C=O) groups excluding carboxylic acids is 1. The van der Waals surface area contributed by atoms with Gasteiger partial charge in [0.25, 0.3) is 5.56 Å². The van der Waals surface area contributed by atoms with Gasteiger partial charge in [-0.2, -0.15) is 0 Å². The lowest BCUT2D eigenvalue weighted by Crippen LogP contribution is -2.20. The maximum absolute atomic E-state index is 13.2. The molecule has 0 aliphatic rings. The second-order valence-electron chi connectivity index (χ2n) is 7.02. The lowest BCUT2D eigenvalue weighted by molar-refractivity contribution is -0.139. The third-order valence-corrected chi connectivity index (χ3v) is 4.97. The summed E-state index contributed by atoms with van der Waals surface area (Å²) in [6.07, 6.45) is -0.0885. The van der Waals surface area contributed by atoms with E-state index in [-0.39, 0.29) is 12.0 Å². The van der Waals surface area contributed by atoms with E-state index in [0.29, 0.717) is 53.1 Å². The molecular formula is C24H27N3O6. The Kier molecular flexibility index (Phi) is 7.91. The van der Waals surface area contributed by atoms with Crippen LogP contribution in [0.1, 0.15) is 18.2 Å². The standard InChI is InChI=1S/C24H27N3O6/c1-16(25-13-14-33-21-8-6-5-7-20(21)31-3)23-19(15-22(28)32-4)26-27(24(23)29)17-9-11-18(30-2)12-10-17/h5-12,26H,13-15H2,1-4H3. The van der Waals surface area contributed by atoms with Gasteiger partial charge < -0.3 is 18.9 Å². The minimum atomic E-state index is -0.466. The maximum Gasteiger partial charge on any atom is 0.311 e. The molecule has 33 heavy (non-hydrogen) atoms. The van der Waals surface area contributed by atoms with Crippen LogP contribution in [-0.2, 0) is 16.0 Å². The summed E-state index contributed by atoms with van der Waals surface area (Å²) in [5.74, 6) is 1.45. The summed E-state index contributed by atoms with van der Waals surface area (Å²) in [5, 5.41) is 3.02. The Bertz CT molecular complexity index is 1180. The molecule has 1 heterocycles. The molecule has 0 aliphatic heterocycles.